The normalized spacial score (nSPS) is 18.1. The van der Waals surface area contributed by atoms with Crippen molar-refractivity contribution in [2.24, 2.45) is 11.7 Å². The smallest absolute Gasteiger partial charge is 0.240 e. The SMILES string of the molecule is CCOc1ccc(S(=O)(=O)NC(CN)C2CCCCC2)cc1. The van der Waals surface area contributed by atoms with E-state index >= 15 is 0 Å². The summed E-state index contributed by atoms with van der Waals surface area (Å²) in [6.45, 7) is 2.78. The maximum absolute atomic E-state index is 12.5. The number of hydrogen-bond acceptors (Lipinski definition) is 4. The third-order valence-electron chi connectivity index (χ3n) is 4.22. The third kappa shape index (κ3) is 4.44. The van der Waals surface area contributed by atoms with Gasteiger partial charge in [-0.05, 0) is 49.9 Å². The van der Waals surface area contributed by atoms with Gasteiger partial charge in [0.25, 0.3) is 0 Å². The lowest BCUT2D eigenvalue weighted by molar-refractivity contribution is 0.294. The fraction of sp³-hybridized carbons (Fsp3) is 0.625. The molecule has 5 nitrogen and oxygen atoms in total. The van der Waals surface area contributed by atoms with Crippen molar-refractivity contribution in [3.05, 3.63) is 24.3 Å². The van der Waals surface area contributed by atoms with Crippen LogP contribution in [0, 0.1) is 5.92 Å². The van der Waals surface area contributed by atoms with Gasteiger partial charge in [-0.1, -0.05) is 19.3 Å². The summed E-state index contributed by atoms with van der Waals surface area (Å²) in [5.41, 5.74) is 5.81. The van der Waals surface area contributed by atoms with Crippen molar-refractivity contribution in [1.29, 1.82) is 0 Å². The summed E-state index contributed by atoms with van der Waals surface area (Å²) >= 11 is 0. The fourth-order valence-electron chi connectivity index (χ4n) is 3.02. The van der Waals surface area contributed by atoms with Crippen LogP contribution in [0.2, 0.25) is 0 Å². The summed E-state index contributed by atoms with van der Waals surface area (Å²) in [6.07, 6.45) is 5.65. The van der Waals surface area contributed by atoms with Gasteiger partial charge in [0.05, 0.1) is 11.5 Å². The Hall–Kier alpha value is -1.11. The average Bonchev–Trinajstić information content (AvgIpc) is 2.54. The van der Waals surface area contributed by atoms with E-state index in [1.165, 1.54) is 6.42 Å². The Morgan fingerprint density at radius 3 is 2.41 bits per heavy atom. The highest BCUT2D eigenvalue weighted by Gasteiger charge is 2.27. The molecule has 0 heterocycles. The molecule has 0 aliphatic heterocycles. The summed E-state index contributed by atoms with van der Waals surface area (Å²) in [6, 6.07) is 6.31. The number of sulfonamides is 1. The number of nitrogens with two attached hydrogens (primary N) is 1. The molecule has 0 bridgehead atoms. The van der Waals surface area contributed by atoms with E-state index in [0.29, 0.717) is 24.8 Å². The zero-order chi connectivity index (χ0) is 16.0. The van der Waals surface area contributed by atoms with E-state index in [0.717, 1.165) is 25.7 Å². The lowest BCUT2D eigenvalue weighted by Crippen LogP contribution is -2.45. The molecule has 0 radical (unpaired) electrons. The monoisotopic (exact) mass is 326 g/mol. The first kappa shape index (κ1) is 17.2. The van der Waals surface area contributed by atoms with Gasteiger partial charge in [0.2, 0.25) is 10.0 Å². The Morgan fingerprint density at radius 2 is 1.86 bits per heavy atom. The van der Waals surface area contributed by atoms with E-state index in [2.05, 4.69) is 4.72 Å². The number of ether oxygens (including phenoxy) is 1. The minimum absolute atomic E-state index is 0.183. The first-order valence-corrected chi connectivity index (χ1v) is 9.50. The largest absolute Gasteiger partial charge is 0.494 e. The van der Waals surface area contributed by atoms with Gasteiger partial charge in [-0.15, -0.1) is 0 Å². The Labute approximate surface area is 133 Å². The number of benzene rings is 1. The molecule has 3 N–H and O–H groups in total. The highest BCUT2D eigenvalue weighted by atomic mass is 32.2. The molecular formula is C16H26N2O3S. The van der Waals surface area contributed by atoms with Gasteiger partial charge in [0.1, 0.15) is 5.75 Å². The molecule has 1 fully saturated rings. The molecule has 0 spiro atoms. The summed E-state index contributed by atoms with van der Waals surface area (Å²) in [7, 11) is -3.54. The second-order valence-corrected chi connectivity index (χ2v) is 7.48. The minimum atomic E-state index is -3.54. The molecule has 1 aromatic rings. The van der Waals surface area contributed by atoms with E-state index in [-0.39, 0.29) is 10.9 Å². The van der Waals surface area contributed by atoms with Crippen LogP contribution in [0.1, 0.15) is 39.0 Å². The molecule has 1 unspecified atom stereocenters. The quantitative estimate of drug-likeness (QED) is 0.805. The van der Waals surface area contributed by atoms with Crippen molar-refractivity contribution in [2.75, 3.05) is 13.2 Å². The predicted octanol–water partition coefficient (Wildman–Crippen LogP) is 2.27. The van der Waals surface area contributed by atoms with E-state index in [1.54, 1.807) is 24.3 Å². The van der Waals surface area contributed by atoms with Gasteiger partial charge in [0.15, 0.2) is 0 Å². The van der Waals surface area contributed by atoms with Gasteiger partial charge in [-0.25, -0.2) is 13.1 Å². The molecule has 1 saturated carbocycles. The Kier molecular flexibility index (Phi) is 6.23. The van der Waals surface area contributed by atoms with Crippen LogP contribution in [0.3, 0.4) is 0 Å². The van der Waals surface area contributed by atoms with E-state index in [9.17, 15) is 8.42 Å². The van der Waals surface area contributed by atoms with E-state index < -0.39 is 10.0 Å². The summed E-state index contributed by atoms with van der Waals surface area (Å²) < 4.78 is 33.1. The molecule has 1 atom stereocenters. The van der Waals surface area contributed by atoms with Crippen molar-refractivity contribution in [3.8, 4) is 5.75 Å². The number of hydrogen-bond donors (Lipinski definition) is 2. The van der Waals surface area contributed by atoms with E-state index in [1.807, 2.05) is 6.92 Å². The zero-order valence-electron chi connectivity index (χ0n) is 13.1. The van der Waals surface area contributed by atoms with Gasteiger partial charge in [0, 0.05) is 12.6 Å². The summed E-state index contributed by atoms with van der Waals surface area (Å²) in [5, 5.41) is 0. The molecule has 1 aliphatic carbocycles. The van der Waals surface area contributed by atoms with Gasteiger partial charge in [-0.3, -0.25) is 0 Å². The third-order valence-corrected chi connectivity index (χ3v) is 5.73. The molecule has 6 heteroatoms. The molecule has 0 aromatic heterocycles. The highest BCUT2D eigenvalue weighted by molar-refractivity contribution is 7.89. The van der Waals surface area contributed by atoms with Crippen LogP contribution in [-0.4, -0.2) is 27.6 Å². The van der Waals surface area contributed by atoms with Crippen LogP contribution < -0.4 is 15.2 Å². The predicted molar refractivity (Wildman–Crippen MR) is 87.3 cm³/mol. The van der Waals surface area contributed by atoms with Crippen molar-refractivity contribution >= 4 is 10.0 Å². The van der Waals surface area contributed by atoms with Gasteiger partial charge in [-0.2, -0.15) is 0 Å². The molecular weight excluding hydrogens is 300 g/mol. The molecule has 22 heavy (non-hydrogen) atoms. The average molecular weight is 326 g/mol. The standard InChI is InChI=1S/C16H26N2O3S/c1-2-21-14-8-10-15(11-9-14)22(19,20)18-16(12-17)13-6-4-3-5-7-13/h8-11,13,16,18H,2-7,12,17H2,1H3. The molecule has 0 amide bonds. The summed E-state index contributed by atoms with van der Waals surface area (Å²) in [5.74, 6) is 1.01. The van der Waals surface area contributed by atoms with Crippen LogP contribution >= 0.6 is 0 Å². The van der Waals surface area contributed by atoms with Crippen LogP contribution in [0.4, 0.5) is 0 Å². The summed E-state index contributed by atoms with van der Waals surface area (Å²) in [4.78, 5) is 0.255. The first-order valence-electron chi connectivity index (χ1n) is 8.02. The molecule has 124 valence electrons. The number of nitrogens with one attached hydrogen (secondary N) is 1. The van der Waals surface area contributed by atoms with Gasteiger partial charge < -0.3 is 10.5 Å². The van der Waals surface area contributed by atoms with Crippen molar-refractivity contribution < 1.29 is 13.2 Å². The maximum Gasteiger partial charge on any atom is 0.240 e. The second kappa shape index (κ2) is 7.94. The number of rotatable bonds is 7. The molecule has 1 aromatic carbocycles. The van der Waals surface area contributed by atoms with Crippen molar-refractivity contribution in [3.63, 3.8) is 0 Å². The second-order valence-electron chi connectivity index (χ2n) is 5.77. The van der Waals surface area contributed by atoms with Crippen molar-refractivity contribution in [1.82, 2.24) is 4.72 Å². The Bertz CT molecular complexity index is 551. The van der Waals surface area contributed by atoms with Crippen LogP contribution in [0.15, 0.2) is 29.2 Å². The fourth-order valence-corrected chi connectivity index (χ4v) is 4.34. The van der Waals surface area contributed by atoms with Crippen molar-refractivity contribution in [2.45, 2.75) is 50.0 Å². The minimum Gasteiger partial charge on any atom is -0.494 e. The topological polar surface area (TPSA) is 81.4 Å². The Morgan fingerprint density at radius 1 is 1.23 bits per heavy atom. The van der Waals surface area contributed by atoms with E-state index in [4.69, 9.17) is 10.5 Å². The molecule has 2 rings (SSSR count). The first-order chi connectivity index (χ1) is 10.6. The van der Waals surface area contributed by atoms with Crippen LogP contribution in [0.5, 0.6) is 5.75 Å². The molecule has 0 saturated heterocycles. The van der Waals surface area contributed by atoms with Crippen LogP contribution in [-0.2, 0) is 10.0 Å². The van der Waals surface area contributed by atoms with Crippen LogP contribution in [0.25, 0.3) is 0 Å². The highest BCUT2D eigenvalue weighted by Crippen LogP contribution is 2.27. The van der Waals surface area contributed by atoms with Gasteiger partial charge >= 0.3 is 0 Å². The lowest BCUT2D eigenvalue weighted by Gasteiger charge is -2.29. The molecule has 1 aliphatic rings. The maximum atomic E-state index is 12.5. The lowest BCUT2D eigenvalue weighted by atomic mass is 9.84. The zero-order valence-corrected chi connectivity index (χ0v) is 13.9. The Balaban J connectivity index is 2.07.